The molecule has 0 aliphatic heterocycles. The van der Waals surface area contributed by atoms with Gasteiger partial charge >= 0.3 is 19.5 Å². The predicted octanol–water partition coefficient (Wildman–Crippen LogP) is 2.30. The van der Waals surface area contributed by atoms with Gasteiger partial charge in [0, 0.05) is 0 Å². The molecule has 0 aliphatic rings. The number of hydrogen-bond acceptors (Lipinski definition) is 1. The van der Waals surface area contributed by atoms with E-state index in [1.54, 1.807) is 0 Å². The molecule has 0 aromatic carbocycles. The first kappa shape index (κ1) is 13.2. The molecule has 0 amide bonds. The third-order valence-electron chi connectivity index (χ3n) is 1.56. The molecule has 10 heavy (non-hydrogen) atoms. The van der Waals surface area contributed by atoms with E-state index in [1.165, 1.54) is 38.5 Å². The second kappa shape index (κ2) is 12.3. The van der Waals surface area contributed by atoms with Crippen LogP contribution in [0.4, 0.5) is 0 Å². The topological polar surface area (TPSA) is 26.0 Å². The zero-order chi connectivity index (χ0) is 6.95. The summed E-state index contributed by atoms with van der Waals surface area (Å²) < 4.78 is 0. The fraction of sp³-hybridized carbons (Fsp3) is 1.00. The average Bonchev–Trinajstić information content (AvgIpc) is 1.89. The first-order chi connectivity index (χ1) is 4.41. The molecule has 0 bridgehead atoms. The maximum absolute atomic E-state index is 5.34. The molecule has 2 heteroatoms. The molecule has 0 aromatic heterocycles. The van der Waals surface area contributed by atoms with Crippen LogP contribution < -0.4 is 5.73 Å². The molecule has 0 saturated heterocycles. The summed E-state index contributed by atoms with van der Waals surface area (Å²) in [6.45, 7) is 3.11. The van der Waals surface area contributed by atoms with Crippen molar-refractivity contribution < 1.29 is 19.5 Å². The quantitative estimate of drug-likeness (QED) is 0.510. The van der Waals surface area contributed by atoms with Gasteiger partial charge in [-0.2, -0.15) is 0 Å². The van der Waals surface area contributed by atoms with Gasteiger partial charge in [-0.15, -0.1) is 0 Å². The van der Waals surface area contributed by atoms with Crippen molar-refractivity contribution >= 4 is 0 Å². The van der Waals surface area contributed by atoms with E-state index in [2.05, 4.69) is 6.92 Å². The summed E-state index contributed by atoms with van der Waals surface area (Å²) in [5.74, 6) is 0. The maximum Gasteiger partial charge on any atom is 2.00 e. The zero-order valence-corrected chi connectivity index (χ0v) is 10.2. The van der Waals surface area contributed by atoms with Crippen LogP contribution in [0.2, 0.25) is 0 Å². The van der Waals surface area contributed by atoms with Crippen LogP contribution in [0.25, 0.3) is 0 Å². The summed E-state index contributed by atoms with van der Waals surface area (Å²) in [5, 5.41) is 0. The summed E-state index contributed by atoms with van der Waals surface area (Å²) >= 11 is 0. The largest absolute Gasteiger partial charge is 2.00 e. The minimum Gasteiger partial charge on any atom is -0.330 e. The van der Waals surface area contributed by atoms with Crippen molar-refractivity contribution in [3.8, 4) is 0 Å². The van der Waals surface area contributed by atoms with Crippen LogP contribution in [0.15, 0.2) is 0 Å². The summed E-state index contributed by atoms with van der Waals surface area (Å²) in [5.41, 5.74) is 5.34. The molecule has 0 fully saturated rings. The Morgan fingerprint density at radius 2 is 1.40 bits per heavy atom. The molecule has 0 saturated carbocycles. The molecule has 0 unspecified atom stereocenters. The van der Waals surface area contributed by atoms with Crippen molar-refractivity contribution in [1.82, 2.24) is 0 Å². The van der Waals surface area contributed by atoms with Crippen LogP contribution in [-0.4, -0.2) is 6.54 Å². The van der Waals surface area contributed by atoms with Crippen LogP contribution in [0, 0.1) is 0 Å². The minimum absolute atomic E-state index is 0. The van der Waals surface area contributed by atoms with Crippen LogP contribution >= 0.6 is 0 Å². The van der Waals surface area contributed by atoms with Gasteiger partial charge in [0.25, 0.3) is 0 Å². The standard InChI is InChI=1S/C8H19N.Zn/c1-2-3-4-5-6-7-8-9;/h2-9H2,1H3;/q;+2. The van der Waals surface area contributed by atoms with E-state index in [0.717, 1.165) is 6.54 Å². The van der Waals surface area contributed by atoms with E-state index in [4.69, 9.17) is 5.73 Å². The molecular formula is C8H19NZn+2. The first-order valence-corrected chi connectivity index (χ1v) is 4.12. The summed E-state index contributed by atoms with van der Waals surface area (Å²) in [6, 6.07) is 0. The SMILES string of the molecule is CCCCCCCCN.[Zn+2]. The van der Waals surface area contributed by atoms with Crippen molar-refractivity contribution in [2.75, 3.05) is 6.54 Å². The third-order valence-corrected chi connectivity index (χ3v) is 1.56. The van der Waals surface area contributed by atoms with Gasteiger partial charge in [-0.25, -0.2) is 0 Å². The molecule has 2 N–H and O–H groups in total. The van der Waals surface area contributed by atoms with Gasteiger partial charge in [-0.3, -0.25) is 0 Å². The van der Waals surface area contributed by atoms with E-state index in [-0.39, 0.29) is 19.5 Å². The van der Waals surface area contributed by atoms with E-state index in [0.29, 0.717) is 0 Å². The van der Waals surface area contributed by atoms with E-state index in [9.17, 15) is 0 Å². The summed E-state index contributed by atoms with van der Waals surface area (Å²) in [7, 11) is 0. The van der Waals surface area contributed by atoms with Crippen molar-refractivity contribution in [3.63, 3.8) is 0 Å². The second-order valence-electron chi connectivity index (χ2n) is 2.56. The van der Waals surface area contributed by atoms with Crippen LogP contribution in [-0.2, 0) is 19.5 Å². The Balaban J connectivity index is 0. The van der Waals surface area contributed by atoms with E-state index < -0.39 is 0 Å². The Morgan fingerprint density at radius 1 is 0.900 bits per heavy atom. The Hall–Kier alpha value is 0.583. The number of nitrogens with two attached hydrogens (primary N) is 1. The molecule has 0 heterocycles. The third kappa shape index (κ3) is 11.4. The molecule has 0 radical (unpaired) electrons. The number of unbranched alkanes of at least 4 members (excludes halogenated alkanes) is 5. The Kier molecular flexibility index (Phi) is 16.2. The summed E-state index contributed by atoms with van der Waals surface area (Å²) in [4.78, 5) is 0. The second-order valence-corrected chi connectivity index (χ2v) is 2.56. The first-order valence-electron chi connectivity index (χ1n) is 4.12. The van der Waals surface area contributed by atoms with Crippen molar-refractivity contribution in [2.24, 2.45) is 5.73 Å². The minimum atomic E-state index is 0. The van der Waals surface area contributed by atoms with Gasteiger partial charge in [-0.05, 0) is 13.0 Å². The molecule has 1 nitrogen and oxygen atoms in total. The molecule has 56 valence electrons. The smallest absolute Gasteiger partial charge is 0.330 e. The van der Waals surface area contributed by atoms with Crippen LogP contribution in [0.1, 0.15) is 45.4 Å². The summed E-state index contributed by atoms with van der Waals surface area (Å²) in [6.07, 6.45) is 8.05. The van der Waals surface area contributed by atoms with Crippen molar-refractivity contribution in [1.29, 1.82) is 0 Å². The molecule has 0 atom stereocenters. The van der Waals surface area contributed by atoms with Crippen LogP contribution in [0.5, 0.6) is 0 Å². The molecule has 0 rings (SSSR count). The van der Waals surface area contributed by atoms with Gasteiger partial charge in [0.15, 0.2) is 0 Å². The Bertz CT molecular complexity index is 42.5. The Morgan fingerprint density at radius 3 is 1.90 bits per heavy atom. The van der Waals surface area contributed by atoms with E-state index in [1.807, 2.05) is 0 Å². The van der Waals surface area contributed by atoms with Crippen molar-refractivity contribution in [2.45, 2.75) is 45.4 Å². The normalized spacial score (nSPS) is 9.00. The molecule has 0 aromatic rings. The fourth-order valence-electron chi connectivity index (χ4n) is 0.925. The molecule has 0 aliphatic carbocycles. The average molecular weight is 195 g/mol. The monoisotopic (exact) mass is 193 g/mol. The van der Waals surface area contributed by atoms with Gasteiger partial charge in [-0.1, -0.05) is 39.0 Å². The van der Waals surface area contributed by atoms with Gasteiger partial charge in [0.2, 0.25) is 0 Å². The zero-order valence-electron chi connectivity index (χ0n) is 7.23. The van der Waals surface area contributed by atoms with Gasteiger partial charge in [0.05, 0.1) is 0 Å². The predicted molar refractivity (Wildman–Crippen MR) is 42.4 cm³/mol. The maximum atomic E-state index is 5.34. The molecular weight excluding hydrogens is 175 g/mol. The molecule has 0 spiro atoms. The number of hydrogen-bond donors (Lipinski definition) is 1. The van der Waals surface area contributed by atoms with Gasteiger partial charge < -0.3 is 5.73 Å². The Labute approximate surface area is 77.5 Å². The van der Waals surface area contributed by atoms with Crippen molar-refractivity contribution in [3.05, 3.63) is 0 Å². The fourth-order valence-corrected chi connectivity index (χ4v) is 0.925. The van der Waals surface area contributed by atoms with Gasteiger partial charge in [0.1, 0.15) is 0 Å². The van der Waals surface area contributed by atoms with E-state index >= 15 is 0 Å². The number of rotatable bonds is 6. The van der Waals surface area contributed by atoms with Crippen LogP contribution in [0.3, 0.4) is 0 Å².